The third-order valence-electron chi connectivity index (χ3n) is 3.33. The summed E-state index contributed by atoms with van der Waals surface area (Å²) >= 11 is 1.41. The first-order chi connectivity index (χ1) is 11.1. The average Bonchev–Trinajstić information content (AvgIpc) is 2.56. The van der Waals surface area contributed by atoms with Crippen LogP contribution < -0.4 is 0 Å². The summed E-state index contributed by atoms with van der Waals surface area (Å²) in [7, 11) is 1.52. The number of carbonyl (C=O) groups is 2. The topological polar surface area (TPSA) is 66.8 Å². The molecular weight excluding hydrogens is 314 g/mol. The maximum Gasteiger partial charge on any atom is 0.323 e. The van der Waals surface area contributed by atoms with Crippen molar-refractivity contribution in [1.82, 2.24) is 4.90 Å². The molecule has 0 aliphatic carbocycles. The normalized spacial score (nSPS) is 10.7. The number of methoxy groups -OCH3 is 1. The molecule has 2 rings (SSSR count). The summed E-state index contributed by atoms with van der Waals surface area (Å²) in [6, 6.07) is 14.0. The van der Waals surface area contributed by atoms with Crippen LogP contribution in [0.25, 0.3) is 10.8 Å². The first-order valence-electron chi connectivity index (χ1n) is 7.20. The zero-order valence-corrected chi connectivity index (χ0v) is 13.7. The van der Waals surface area contributed by atoms with Gasteiger partial charge in [0, 0.05) is 18.6 Å². The second-order valence-corrected chi connectivity index (χ2v) is 6.05. The van der Waals surface area contributed by atoms with Crippen molar-refractivity contribution >= 4 is 34.4 Å². The molecule has 0 aliphatic rings. The Morgan fingerprint density at radius 2 is 1.91 bits per heavy atom. The number of nitrogens with zero attached hydrogens (tertiary/aromatic N) is 1. The molecule has 2 aromatic rings. The Hall–Kier alpha value is -2.05. The van der Waals surface area contributed by atoms with Crippen LogP contribution in [-0.4, -0.2) is 54.4 Å². The van der Waals surface area contributed by atoms with Gasteiger partial charge in [-0.15, -0.1) is 11.8 Å². The Morgan fingerprint density at radius 1 is 1.17 bits per heavy atom. The molecule has 0 aliphatic heterocycles. The van der Waals surface area contributed by atoms with Gasteiger partial charge in [-0.1, -0.05) is 30.3 Å². The van der Waals surface area contributed by atoms with Crippen LogP contribution in [0.5, 0.6) is 0 Å². The number of amides is 1. The number of hydrogen-bond acceptors (Lipinski definition) is 4. The molecule has 0 unspecified atom stereocenters. The zero-order chi connectivity index (χ0) is 16.7. The van der Waals surface area contributed by atoms with Crippen LogP contribution in [0.15, 0.2) is 47.4 Å². The van der Waals surface area contributed by atoms with Gasteiger partial charge in [-0.05, 0) is 22.9 Å². The molecule has 23 heavy (non-hydrogen) atoms. The van der Waals surface area contributed by atoms with Crippen LogP contribution in [0.3, 0.4) is 0 Å². The Kier molecular flexibility index (Phi) is 6.43. The first-order valence-corrected chi connectivity index (χ1v) is 8.19. The monoisotopic (exact) mass is 333 g/mol. The Labute approximate surface area is 139 Å². The van der Waals surface area contributed by atoms with E-state index in [2.05, 4.69) is 0 Å². The summed E-state index contributed by atoms with van der Waals surface area (Å²) in [6.45, 7) is 0.292. The first kappa shape index (κ1) is 17.3. The second-order valence-electron chi connectivity index (χ2n) is 5.00. The van der Waals surface area contributed by atoms with Crippen LogP contribution >= 0.6 is 11.8 Å². The second kappa shape index (κ2) is 8.55. The van der Waals surface area contributed by atoms with Gasteiger partial charge in [-0.2, -0.15) is 0 Å². The number of thioether (sulfide) groups is 1. The SMILES string of the molecule is COCCN(CC(=O)O)C(=O)CSc1ccc2ccccc2c1. The van der Waals surface area contributed by atoms with Crippen LogP contribution in [0.1, 0.15) is 0 Å². The lowest BCUT2D eigenvalue weighted by atomic mass is 10.1. The van der Waals surface area contributed by atoms with Gasteiger partial charge in [0.15, 0.2) is 0 Å². The Bertz CT molecular complexity index is 689. The molecular formula is C17H19NO4S. The molecule has 0 atom stereocenters. The highest BCUT2D eigenvalue weighted by Crippen LogP contribution is 2.23. The minimum Gasteiger partial charge on any atom is -0.480 e. The van der Waals surface area contributed by atoms with Gasteiger partial charge in [-0.3, -0.25) is 9.59 Å². The number of rotatable bonds is 8. The number of carbonyl (C=O) groups excluding carboxylic acids is 1. The minimum absolute atomic E-state index is 0.204. The molecule has 0 saturated carbocycles. The van der Waals surface area contributed by atoms with Crippen molar-refractivity contribution in [1.29, 1.82) is 0 Å². The molecule has 0 aromatic heterocycles. The predicted molar refractivity (Wildman–Crippen MR) is 90.8 cm³/mol. The van der Waals surface area contributed by atoms with Gasteiger partial charge in [0.05, 0.1) is 12.4 Å². The number of hydrogen-bond donors (Lipinski definition) is 1. The molecule has 0 heterocycles. The molecule has 6 heteroatoms. The molecule has 0 bridgehead atoms. The van der Waals surface area contributed by atoms with Gasteiger partial charge in [0.25, 0.3) is 0 Å². The lowest BCUT2D eigenvalue weighted by Crippen LogP contribution is -2.39. The maximum atomic E-state index is 12.2. The van der Waals surface area contributed by atoms with Crippen molar-refractivity contribution in [3.63, 3.8) is 0 Å². The molecule has 0 spiro atoms. The van der Waals surface area contributed by atoms with E-state index in [1.54, 1.807) is 0 Å². The Balaban J connectivity index is 1.98. The quantitative estimate of drug-likeness (QED) is 0.752. The van der Waals surface area contributed by atoms with Gasteiger partial charge >= 0.3 is 5.97 Å². The summed E-state index contributed by atoms with van der Waals surface area (Å²) in [5, 5.41) is 11.2. The van der Waals surface area contributed by atoms with Crippen molar-refractivity contribution in [3.05, 3.63) is 42.5 Å². The van der Waals surface area contributed by atoms with Crippen molar-refractivity contribution in [3.8, 4) is 0 Å². The average molecular weight is 333 g/mol. The maximum absolute atomic E-state index is 12.2. The highest BCUT2D eigenvalue weighted by atomic mass is 32.2. The highest BCUT2D eigenvalue weighted by Gasteiger charge is 2.16. The van der Waals surface area contributed by atoms with Crippen molar-refractivity contribution in [2.24, 2.45) is 0 Å². The molecule has 2 aromatic carbocycles. The van der Waals surface area contributed by atoms with Crippen LogP contribution in [-0.2, 0) is 14.3 Å². The van der Waals surface area contributed by atoms with E-state index >= 15 is 0 Å². The van der Waals surface area contributed by atoms with Crippen molar-refractivity contribution in [2.45, 2.75) is 4.90 Å². The third-order valence-corrected chi connectivity index (χ3v) is 4.31. The summed E-state index contributed by atoms with van der Waals surface area (Å²) < 4.78 is 4.92. The number of carboxylic acid groups (broad SMARTS) is 1. The van der Waals surface area contributed by atoms with Crippen molar-refractivity contribution < 1.29 is 19.4 Å². The summed E-state index contributed by atoms with van der Waals surface area (Å²) in [5.74, 6) is -1.03. The van der Waals surface area contributed by atoms with Crippen LogP contribution in [0.4, 0.5) is 0 Å². The fraction of sp³-hybridized carbons (Fsp3) is 0.294. The van der Waals surface area contributed by atoms with E-state index in [-0.39, 0.29) is 24.7 Å². The molecule has 1 N–H and O–H groups in total. The molecule has 0 saturated heterocycles. The standard InChI is InChI=1S/C17H19NO4S/c1-22-9-8-18(11-17(20)21)16(19)12-23-15-7-6-13-4-2-3-5-14(13)10-15/h2-7,10H,8-9,11-12H2,1H3,(H,20,21). The lowest BCUT2D eigenvalue weighted by Gasteiger charge is -2.20. The molecule has 5 nitrogen and oxygen atoms in total. The predicted octanol–water partition coefficient (Wildman–Crippen LogP) is 2.49. The van der Waals surface area contributed by atoms with E-state index in [1.165, 1.54) is 23.8 Å². The van der Waals surface area contributed by atoms with Crippen LogP contribution in [0, 0.1) is 0 Å². The fourth-order valence-electron chi connectivity index (χ4n) is 2.15. The van der Waals surface area contributed by atoms with Crippen LogP contribution in [0.2, 0.25) is 0 Å². The molecule has 0 fully saturated rings. The number of fused-ring (bicyclic) bond motifs is 1. The summed E-state index contributed by atoms with van der Waals surface area (Å²) in [6.07, 6.45) is 0. The van der Waals surface area contributed by atoms with Gasteiger partial charge in [0.1, 0.15) is 6.54 Å². The van der Waals surface area contributed by atoms with E-state index < -0.39 is 5.97 Å². The van der Waals surface area contributed by atoms with Crippen molar-refractivity contribution in [2.75, 3.05) is 32.6 Å². The lowest BCUT2D eigenvalue weighted by molar-refractivity contribution is -0.143. The van der Waals surface area contributed by atoms with Gasteiger partial charge < -0.3 is 14.7 Å². The fourth-order valence-corrected chi connectivity index (χ4v) is 3.00. The van der Waals surface area contributed by atoms with E-state index in [0.29, 0.717) is 6.61 Å². The van der Waals surface area contributed by atoms with E-state index in [9.17, 15) is 9.59 Å². The molecule has 1 amide bonds. The molecule has 122 valence electrons. The summed E-state index contributed by atoms with van der Waals surface area (Å²) in [4.78, 5) is 25.4. The summed E-state index contributed by atoms with van der Waals surface area (Å²) in [5.41, 5.74) is 0. The zero-order valence-electron chi connectivity index (χ0n) is 12.9. The largest absolute Gasteiger partial charge is 0.480 e. The highest BCUT2D eigenvalue weighted by molar-refractivity contribution is 8.00. The number of aliphatic carboxylic acids is 1. The van der Waals surface area contributed by atoms with Gasteiger partial charge in [-0.25, -0.2) is 0 Å². The Morgan fingerprint density at radius 3 is 2.61 bits per heavy atom. The van der Waals surface area contributed by atoms with E-state index in [4.69, 9.17) is 9.84 Å². The smallest absolute Gasteiger partial charge is 0.323 e. The van der Waals surface area contributed by atoms with Gasteiger partial charge in [0.2, 0.25) is 5.91 Å². The number of benzene rings is 2. The van der Waals surface area contributed by atoms with E-state index in [1.807, 2.05) is 42.5 Å². The van der Waals surface area contributed by atoms with E-state index in [0.717, 1.165) is 15.7 Å². The minimum atomic E-state index is -1.02. The third kappa shape index (κ3) is 5.26. The number of carboxylic acids is 1. The molecule has 0 radical (unpaired) electrons. The number of ether oxygens (including phenoxy) is 1.